The minimum atomic E-state index is 0. The summed E-state index contributed by atoms with van der Waals surface area (Å²) in [6.07, 6.45) is 3.91. The van der Waals surface area contributed by atoms with Gasteiger partial charge in [0.1, 0.15) is 5.69 Å². The van der Waals surface area contributed by atoms with Crippen molar-refractivity contribution in [2.24, 2.45) is 0 Å². The molecule has 0 N–H and O–H groups in total. The van der Waals surface area contributed by atoms with Crippen LogP contribution in [0.25, 0.3) is 22.2 Å². The molecule has 0 atom stereocenters. The summed E-state index contributed by atoms with van der Waals surface area (Å²) in [7, 11) is 0. The molecular formula is C12H8KN3O2. The molecule has 2 aromatic heterocycles. The Morgan fingerprint density at radius 3 is 2.83 bits per heavy atom. The van der Waals surface area contributed by atoms with Gasteiger partial charge in [-0.2, -0.15) is 0 Å². The molecule has 0 amide bonds. The van der Waals surface area contributed by atoms with Crippen molar-refractivity contribution in [1.29, 1.82) is 0 Å². The predicted octanol–water partition coefficient (Wildman–Crippen LogP) is 1.45. The van der Waals surface area contributed by atoms with E-state index in [1.807, 2.05) is 6.07 Å². The van der Waals surface area contributed by atoms with Gasteiger partial charge in [-0.05, 0) is 12.1 Å². The Morgan fingerprint density at radius 2 is 2.11 bits per heavy atom. The number of hydrogen-bond donors (Lipinski definition) is 0. The average Bonchev–Trinajstić information content (AvgIpc) is 2.91. The quantitative estimate of drug-likeness (QED) is 0.518. The average molecular weight is 265 g/mol. The second kappa shape index (κ2) is 5.81. The molecule has 18 heavy (non-hydrogen) atoms. The third kappa shape index (κ3) is 2.30. The summed E-state index contributed by atoms with van der Waals surface area (Å²) in [5, 5.41) is 8.04. The number of hydrogen-bond acceptors (Lipinski definition) is 5. The Kier molecular flexibility index (Phi) is 4.36. The first-order valence-electron chi connectivity index (χ1n) is 5.00. The first kappa shape index (κ1) is 13.5. The summed E-state index contributed by atoms with van der Waals surface area (Å²) < 4.78 is 4.72. The van der Waals surface area contributed by atoms with Crippen LogP contribution in [0.1, 0.15) is 10.4 Å². The van der Waals surface area contributed by atoms with Crippen LogP contribution in [0, 0.1) is 0 Å². The molecule has 0 aliphatic rings. The van der Waals surface area contributed by atoms with Crippen molar-refractivity contribution < 1.29 is 9.32 Å². The zero-order valence-electron chi connectivity index (χ0n) is 8.70. The monoisotopic (exact) mass is 265 g/mol. The number of carbonyl (C=O) groups is 1. The van der Waals surface area contributed by atoms with E-state index in [2.05, 4.69) is 15.4 Å². The van der Waals surface area contributed by atoms with Crippen LogP contribution in [0.15, 0.2) is 41.2 Å². The van der Waals surface area contributed by atoms with E-state index in [0.29, 0.717) is 11.3 Å². The van der Waals surface area contributed by atoms with Crippen molar-refractivity contribution >= 4 is 68.6 Å². The van der Waals surface area contributed by atoms with Crippen LogP contribution < -0.4 is 0 Å². The summed E-state index contributed by atoms with van der Waals surface area (Å²) in [4.78, 5) is 15.3. The van der Waals surface area contributed by atoms with Gasteiger partial charge in [0.15, 0.2) is 12.5 Å². The molecule has 84 valence electrons. The Labute approximate surface area is 145 Å². The van der Waals surface area contributed by atoms with Crippen LogP contribution in [0.2, 0.25) is 0 Å². The summed E-state index contributed by atoms with van der Waals surface area (Å²) in [6, 6.07) is 7.17. The summed E-state index contributed by atoms with van der Waals surface area (Å²) in [5.41, 5.74) is 2.70. The Morgan fingerprint density at radius 1 is 1.22 bits per heavy atom. The zero-order valence-corrected chi connectivity index (χ0v) is 8.70. The number of rotatable bonds is 2. The molecule has 0 aliphatic heterocycles. The van der Waals surface area contributed by atoms with Crippen molar-refractivity contribution in [3.8, 4) is 11.3 Å². The van der Waals surface area contributed by atoms with E-state index >= 15 is 0 Å². The fourth-order valence-electron chi connectivity index (χ4n) is 1.83. The summed E-state index contributed by atoms with van der Waals surface area (Å²) in [5.74, 6) is 0. The van der Waals surface area contributed by atoms with E-state index < -0.39 is 0 Å². The molecule has 5 nitrogen and oxygen atoms in total. The third-order valence-corrected chi connectivity index (χ3v) is 2.56. The molecule has 0 saturated heterocycles. The van der Waals surface area contributed by atoms with Crippen LogP contribution >= 0.6 is 0 Å². The normalized spacial score (nSPS) is 10.0. The van der Waals surface area contributed by atoms with Gasteiger partial charge >= 0.3 is 51.4 Å². The maximum atomic E-state index is 11.1. The Bertz CT molecular complexity index is 678. The van der Waals surface area contributed by atoms with Gasteiger partial charge in [0, 0.05) is 28.0 Å². The second-order valence-corrected chi connectivity index (χ2v) is 3.51. The van der Waals surface area contributed by atoms with Gasteiger partial charge < -0.3 is 4.52 Å². The molecule has 3 aromatic rings. The maximum absolute atomic E-state index is 11.1. The van der Waals surface area contributed by atoms with E-state index in [9.17, 15) is 4.79 Å². The molecule has 1 aromatic carbocycles. The van der Waals surface area contributed by atoms with Crippen LogP contribution in [-0.4, -0.2) is 73.0 Å². The molecule has 2 heterocycles. The summed E-state index contributed by atoms with van der Waals surface area (Å²) >= 11 is 0. The molecular weight excluding hydrogens is 257 g/mol. The predicted molar refractivity (Wildman–Crippen MR) is 67.6 cm³/mol. The molecule has 0 saturated carbocycles. The van der Waals surface area contributed by atoms with E-state index in [1.165, 1.54) is 6.26 Å². The van der Waals surface area contributed by atoms with E-state index in [1.54, 1.807) is 24.4 Å². The van der Waals surface area contributed by atoms with Crippen molar-refractivity contribution in [2.45, 2.75) is 0 Å². The topological polar surface area (TPSA) is 68.9 Å². The first-order valence-corrected chi connectivity index (χ1v) is 5.00. The molecule has 0 unspecified atom stereocenters. The van der Waals surface area contributed by atoms with E-state index in [0.717, 1.165) is 22.8 Å². The molecule has 0 spiro atoms. The Balaban J connectivity index is 0.00000120. The number of pyridine rings is 1. The zero-order chi connectivity index (χ0) is 11.7. The SMILES string of the molecule is O=Cc1cccc2nccc(-c3conn3)c12.[KH]. The van der Waals surface area contributed by atoms with E-state index in [-0.39, 0.29) is 51.4 Å². The fraction of sp³-hybridized carbons (Fsp3) is 0. The molecule has 0 bridgehead atoms. The standard InChI is InChI=1S/C12H7N3O2.K.H/c16-6-8-2-1-3-10-12(8)9(4-5-13-10)11-7-17-15-14-11;;/h1-7H;;. The molecule has 6 heteroatoms. The molecule has 0 fully saturated rings. The van der Waals surface area contributed by atoms with Gasteiger partial charge in [0.05, 0.1) is 5.52 Å². The van der Waals surface area contributed by atoms with Crippen LogP contribution in [0.5, 0.6) is 0 Å². The Hall–Kier alpha value is -0.924. The van der Waals surface area contributed by atoms with Crippen LogP contribution in [-0.2, 0) is 0 Å². The third-order valence-electron chi connectivity index (χ3n) is 2.56. The van der Waals surface area contributed by atoms with Crippen molar-refractivity contribution in [3.05, 3.63) is 42.3 Å². The van der Waals surface area contributed by atoms with Crippen LogP contribution in [0.3, 0.4) is 0 Å². The van der Waals surface area contributed by atoms with Crippen LogP contribution in [0.4, 0.5) is 0 Å². The molecule has 0 radical (unpaired) electrons. The number of benzene rings is 1. The van der Waals surface area contributed by atoms with Crippen molar-refractivity contribution in [3.63, 3.8) is 0 Å². The summed E-state index contributed by atoms with van der Waals surface area (Å²) in [6.45, 7) is 0. The number of aromatic nitrogens is 3. The van der Waals surface area contributed by atoms with Gasteiger partial charge in [-0.3, -0.25) is 9.78 Å². The molecule has 0 aliphatic carbocycles. The number of nitrogens with zero attached hydrogens (tertiary/aromatic N) is 3. The number of carbonyl (C=O) groups excluding carboxylic acids is 1. The van der Waals surface area contributed by atoms with Gasteiger partial charge in [-0.25, -0.2) is 0 Å². The van der Waals surface area contributed by atoms with Gasteiger partial charge in [-0.1, -0.05) is 12.1 Å². The fourth-order valence-corrected chi connectivity index (χ4v) is 1.83. The van der Waals surface area contributed by atoms with Gasteiger partial charge in [0.2, 0.25) is 0 Å². The van der Waals surface area contributed by atoms with Gasteiger partial charge in [0.25, 0.3) is 0 Å². The molecule has 3 rings (SSSR count). The number of aldehydes is 1. The minimum absolute atomic E-state index is 0. The second-order valence-electron chi connectivity index (χ2n) is 3.51. The van der Waals surface area contributed by atoms with Crippen molar-refractivity contribution in [2.75, 3.05) is 0 Å². The van der Waals surface area contributed by atoms with E-state index in [4.69, 9.17) is 4.52 Å². The van der Waals surface area contributed by atoms with Crippen molar-refractivity contribution in [1.82, 2.24) is 15.4 Å². The first-order chi connectivity index (χ1) is 8.40. The number of fused-ring (bicyclic) bond motifs is 1. The van der Waals surface area contributed by atoms with Gasteiger partial charge in [-0.15, -0.1) is 5.10 Å².